The summed E-state index contributed by atoms with van der Waals surface area (Å²) in [4.78, 5) is 28.0. The van der Waals surface area contributed by atoms with Gasteiger partial charge >= 0.3 is 6.18 Å². The van der Waals surface area contributed by atoms with Gasteiger partial charge in [-0.15, -0.1) is 0 Å². The first kappa shape index (κ1) is 20.1. The first-order chi connectivity index (χ1) is 14.1. The zero-order valence-corrected chi connectivity index (χ0v) is 16.1. The maximum atomic E-state index is 13.7. The first-order valence-corrected chi connectivity index (χ1v) is 9.61. The van der Waals surface area contributed by atoms with Gasteiger partial charge in [-0.25, -0.2) is 0 Å². The SMILES string of the molecule is Cc1cc2[nH]cc(C(=O)Nc3cc(O)c(C4CCCC4)cc3C(F)(F)F)c(=O)n2c1.[HH]. The number of hydrogen-bond donors (Lipinski definition) is 3. The summed E-state index contributed by atoms with van der Waals surface area (Å²) < 4.78 is 42.3. The van der Waals surface area contributed by atoms with Gasteiger partial charge in [0, 0.05) is 19.9 Å². The molecule has 1 aliphatic carbocycles. The summed E-state index contributed by atoms with van der Waals surface area (Å²) >= 11 is 0. The van der Waals surface area contributed by atoms with Crippen LogP contribution in [-0.2, 0) is 6.18 Å². The summed E-state index contributed by atoms with van der Waals surface area (Å²) in [7, 11) is 0. The van der Waals surface area contributed by atoms with Gasteiger partial charge in [0.05, 0.1) is 11.3 Å². The van der Waals surface area contributed by atoms with Crippen molar-refractivity contribution < 1.29 is 24.5 Å². The molecule has 30 heavy (non-hydrogen) atoms. The van der Waals surface area contributed by atoms with Crippen molar-refractivity contribution in [2.45, 2.75) is 44.7 Å². The number of carbonyl (C=O) groups excluding carboxylic acids is 1. The molecule has 2 aromatic heterocycles. The minimum Gasteiger partial charge on any atom is -0.508 e. The number of hydrogen-bond acceptors (Lipinski definition) is 3. The number of aromatic hydroxyl groups is 1. The fourth-order valence-electron chi connectivity index (χ4n) is 4.07. The Morgan fingerprint density at radius 3 is 2.63 bits per heavy atom. The Morgan fingerprint density at radius 2 is 1.97 bits per heavy atom. The van der Waals surface area contributed by atoms with Gasteiger partial charge in [-0.05, 0) is 48.9 Å². The lowest BCUT2D eigenvalue weighted by Gasteiger charge is -2.19. The van der Waals surface area contributed by atoms with Crippen LogP contribution in [0.4, 0.5) is 18.9 Å². The minimum atomic E-state index is -4.74. The van der Waals surface area contributed by atoms with E-state index >= 15 is 0 Å². The highest BCUT2D eigenvalue weighted by molar-refractivity contribution is 6.04. The predicted octanol–water partition coefficient (Wildman–Crippen LogP) is 4.82. The molecular weight excluding hydrogens is 399 g/mol. The molecule has 1 saturated carbocycles. The summed E-state index contributed by atoms with van der Waals surface area (Å²) in [6, 6.07) is 3.52. The number of aryl methyl sites for hydroxylation is 1. The Labute approximate surface area is 170 Å². The molecule has 1 aliphatic rings. The number of aromatic nitrogens is 2. The van der Waals surface area contributed by atoms with E-state index in [1.54, 1.807) is 13.0 Å². The molecule has 1 aromatic carbocycles. The van der Waals surface area contributed by atoms with Crippen LogP contribution in [0.1, 0.15) is 60.1 Å². The number of phenols is 1. The van der Waals surface area contributed by atoms with Crippen LogP contribution in [0.3, 0.4) is 0 Å². The largest absolute Gasteiger partial charge is 0.508 e. The van der Waals surface area contributed by atoms with Crippen molar-refractivity contribution in [2.24, 2.45) is 0 Å². The number of aromatic amines is 1. The predicted molar refractivity (Wildman–Crippen MR) is 107 cm³/mol. The van der Waals surface area contributed by atoms with Gasteiger partial charge in [0.25, 0.3) is 11.5 Å². The highest BCUT2D eigenvalue weighted by Crippen LogP contribution is 2.44. The quantitative estimate of drug-likeness (QED) is 0.567. The highest BCUT2D eigenvalue weighted by atomic mass is 19.4. The fraction of sp³-hybridized carbons (Fsp3) is 0.333. The van der Waals surface area contributed by atoms with Crippen LogP contribution in [0.5, 0.6) is 5.75 Å². The number of nitrogens with zero attached hydrogens (tertiary/aromatic N) is 1. The van der Waals surface area contributed by atoms with E-state index in [2.05, 4.69) is 10.3 Å². The molecule has 0 bridgehead atoms. The number of halogens is 3. The molecule has 3 aromatic rings. The summed E-state index contributed by atoms with van der Waals surface area (Å²) in [5, 5.41) is 12.5. The number of fused-ring (bicyclic) bond motifs is 1. The molecular formula is C21H22F3N3O3. The van der Waals surface area contributed by atoms with Crippen LogP contribution in [0, 0.1) is 6.92 Å². The zero-order chi connectivity index (χ0) is 21.6. The van der Waals surface area contributed by atoms with E-state index < -0.39 is 28.9 Å². The lowest BCUT2D eigenvalue weighted by molar-refractivity contribution is -0.137. The smallest absolute Gasteiger partial charge is 0.418 e. The lowest BCUT2D eigenvalue weighted by atomic mass is 9.94. The summed E-state index contributed by atoms with van der Waals surface area (Å²) in [5.41, 5.74) is -1.16. The molecule has 3 N–H and O–H groups in total. The van der Waals surface area contributed by atoms with E-state index in [0.29, 0.717) is 18.5 Å². The third-order valence-electron chi connectivity index (χ3n) is 5.53. The molecule has 1 amide bonds. The number of phenolic OH excluding ortho intramolecular Hbond substituents is 1. The monoisotopic (exact) mass is 421 g/mol. The molecule has 0 unspecified atom stereocenters. The van der Waals surface area contributed by atoms with Crippen LogP contribution in [0.15, 0.2) is 35.4 Å². The summed E-state index contributed by atoms with van der Waals surface area (Å²) in [6.45, 7) is 1.77. The third-order valence-corrected chi connectivity index (χ3v) is 5.53. The first-order valence-electron chi connectivity index (χ1n) is 9.61. The van der Waals surface area contributed by atoms with Gasteiger partial charge in [-0.3, -0.25) is 14.0 Å². The van der Waals surface area contributed by atoms with Crippen molar-refractivity contribution in [3.05, 3.63) is 63.2 Å². The molecule has 0 aliphatic heterocycles. The minimum absolute atomic E-state index is 0. The number of amides is 1. The molecule has 0 spiro atoms. The fourth-order valence-corrected chi connectivity index (χ4v) is 4.07. The maximum Gasteiger partial charge on any atom is 0.418 e. The van der Waals surface area contributed by atoms with Crippen molar-refractivity contribution in [1.29, 1.82) is 0 Å². The average molecular weight is 421 g/mol. The Balaban J connectivity index is 0.00000272. The topological polar surface area (TPSA) is 86.6 Å². The molecule has 0 saturated heterocycles. The van der Waals surface area contributed by atoms with Crippen molar-refractivity contribution in [2.75, 3.05) is 5.32 Å². The van der Waals surface area contributed by atoms with Crippen LogP contribution in [0.25, 0.3) is 5.65 Å². The molecule has 0 radical (unpaired) electrons. The summed E-state index contributed by atoms with van der Waals surface area (Å²) in [5.74, 6) is -1.43. The van der Waals surface area contributed by atoms with Gasteiger partial charge in [-0.1, -0.05) is 12.8 Å². The van der Waals surface area contributed by atoms with Crippen LogP contribution >= 0.6 is 0 Å². The van der Waals surface area contributed by atoms with Gasteiger partial charge in [0.1, 0.15) is 17.0 Å². The van der Waals surface area contributed by atoms with Crippen LogP contribution < -0.4 is 10.9 Å². The highest BCUT2D eigenvalue weighted by Gasteiger charge is 2.36. The van der Waals surface area contributed by atoms with E-state index in [1.807, 2.05) is 0 Å². The molecule has 6 nitrogen and oxygen atoms in total. The molecule has 160 valence electrons. The maximum absolute atomic E-state index is 13.7. The Bertz CT molecular complexity index is 1190. The Morgan fingerprint density at radius 1 is 1.27 bits per heavy atom. The van der Waals surface area contributed by atoms with Gasteiger partial charge in [0.15, 0.2) is 0 Å². The van der Waals surface area contributed by atoms with E-state index in [9.17, 15) is 27.9 Å². The number of carbonyl (C=O) groups is 1. The number of rotatable bonds is 3. The van der Waals surface area contributed by atoms with Gasteiger partial charge in [0.2, 0.25) is 0 Å². The second kappa shape index (κ2) is 7.23. The second-order valence-electron chi connectivity index (χ2n) is 7.67. The van der Waals surface area contributed by atoms with Crippen molar-refractivity contribution in [1.82, 2.24) is 9.38 Å². The number of anilines is 1. The van der Waals surface area contributed by atoms with E-state index in [-0.39, 0.29) is 24.2 Å². The van der Waals surface area contributed by atoms with Gasteiger partial charge in [-0.2, -0.15) is 13.2 Å². The number of alkyl halides is 3. The molecule has 2 heterocycles. The molecule has 4 rings (SSSR count). The van der Waals surface area contributed by atoms with Gasteiger partial charge < -0.3 is 15.4 Å². The number of benzene rings is 1. The van der Waals surface area contributed by atoms with Crippen molar-refractivity contribution in [3.63, 3.8) is 0 Å². The summed E-state index contributed by atoms with van der Waals surface area (Å²) in [6.07, 6.45) is 1.16. The van der Waals surface area contributed by atoms with Crippen molar-refractivity contribution in [3.8, 4) is 5.75 Å². The Kier molecular flexibility index (Phi) is 4.83. The van der Waals surface area contributed by atoms with Crippen LogP contribution in [-0.4, -0.2) is 20.4 Å². The normalized spacial score (nSPS) is 15.1. The average Bonchev–Trinajstić information content (AvgIpc) is 3.30. The lowest BCUT2D eigenvalue weighted by Crippen LogP contribution is -2.27. The van der Waals surface area contributed by atoms with Crippen LogP contribution in [0.2, 0.25) is 0 Å². The zero-order valence-electron chi connectivity index (χ0n) is 16.1. The van der Waals surface area contributed by atoms with E-state index in [4.69, 9.17) is 0 Å². The Hall–Kier alpha value is -3.23. The number of H-pyrrole nitrogens is 1. The van der Waals surface area contributed by atoms with Crippen molar-refractivity contribution >= 4 is 17.2 Å². The molecule has 9 heteroatoms. The third kappa shape index (κ3) is 3.55. The molecule has 1 fully saturated rings. The van der Waals surface area contributed by atoms with E-state index in [1.165, 1.54) is 10.6 Å². The standard InChI is InChI=1S/C21H20F3N3O3.H2/c1-11-6-18-25-9-14(20(30)27(18)10-11)19(29)26-16-8-17(28)13(12-4-2-3-5-12)7-15(16)21(22,23)24;/h6-10,12,25,28H,2-5H2,1H3,(H,26,29);1H. The number of nitrogens with one attached hydrogen (secondary N) is 2. The molecule has 0 atom stereocenters. The second-order valence-corrected chi connectivity index (χ2v) is 7.67. The van der Waals surface area contributed by atoms with E-state index in [0.717, 1.165) is 36.7 Å².